The third-order valence-electron chi connectivity index (χ3n) is 4.60. The Labute approximate surface area is 163 Å². The first-order chi connectivity index (χ1) is 13.5. The predicted octanol–water partition coefficient (Wildman–Crippen LogP) is 2.48. The van der Waals surface area contributed by atoms with Gasteiger partial charge in [-0.05, 0) is 42.2 Å². The van der Waals surface area contributed by atoms with Crippen LogP contribution in [0, 0.1) is 5.92 Å². The second-order valence-electron chi connectivity index (χ2n) is 6.57. The van der Waals surface area contributed by atoms with Gasteiger partial charge in [-0.3, -0.25) is 4.79 Å². The molecule has 7 heteroatoms. The lowest BCUT2D eigenvalue weighted by molar-refractivity contribution is -0.139. The van der Waals surface area contributed by atoms with Crippen molar-refractivity contribution in [1.82, 2.24) is 0 Å². The van der Waals surface area contributed by atoms with E-state index in [9.17, 15) is 9.59 Å². The highest BCUT2D eigenvalue weighted by molar-refractivity contribution is 6.00. The molecule has 28 heavy (non-hydrogen) atoms. The van der Waals surface area contributed by atoms with Gasteiger partial charge in [0.05, 0.1) is 7.11 Å². The number of methoxy groups -OCH3 is 1. The monoisotopic (exact) mass is 385 g/mol. The molecule has 2 aromatic carbocycles. The maximum absolute atomic E-state index is 12.8. The fraction of sp³-hybridized carbons (Fsp3) is 0.333. The number of hydrogen-bond donors (Lipinski definition) is 2. The summed E-state index contributed by atoms with van der Waals surface area (Å²) in [6.45, 7) is 0.374. The van der Waals surface area contributed by atoms with Gasteiger partial charge in [-0.15, -0.1) is 0 Å². The van der Waals surface area contributed by atoms with Gasteiger partial charge in [0.1, 0.15) is 12.4 Å². The summed E-state index contributed by atoms with van der Waals surface area (Å²) in [5.74, 6) is 0.472. The molecule has 7 nitrogen and oxygen atoms in total. The minimum atomic E-state index is -1.06. The average molecular weight is 385 g/mol. The molecule has 1 aliphatic carbocycles. The van der Waals surface area contributed by atoms with E-state index in [0.29, 0.717) is 36.0 Å². The van der Waals surface area contributed by atoms with Gasteiger partial charge in [0.25, 0.3) is 0 Å². The molecule has 3 rings (SSSR count). The van der Waals surface area contributed by atoms with E-state index < -0.39 is 12.6 Å². The van der Waals surface area contributed by atoms with Gasteiger partial charge >= 0.3 is 5.97 Å². The highest BCUT2D eigenvalue weighted by Gasteiger charge is 2.44. The number of carbonyl (C=O) groups is 2. The van der Waals surface area contributed by atoms with Gasteiger partial charge in [0.15, 0.2) is 23.9 Å². The van der Waals surface area contributed by atoms with Crippen molar-refractivity contribution in [3.63, 3.8) is 0 Å². The van der Waals surface area contributed by atoms with Crippen LogP contribution in [-0.2, 0) is 4.79 Å². The number of carboxylic acid groups (broad SMARTS) is 1. The number of carbonyl (C=O) groups excluding carboxylic acids is 1. The van der Waals surface area contributed by atoms with Gasteiger partial charge in [-0.2, -0.15) is 0 Å². The molecule has 0 bridgehead atoms. The second kappa shape index (κ2) is 8.75. The SMILES string of the molecule is COc1cc([C@@H]2C[C@H]2C(=O)c2cccc(OCCN)c2)ccc1OCC(=O)O. The van der Waals surface area contributed by atoms with Crippen LogP contribution in [0.3, 0.4) is 0 Å². The van der Waals surface area contributed by atoms with E-state index in [-0.39, 0.29) is 17.6 Å². The molecule has 0 aliphatic heterocycles. The zero-order valence-corrected chi connectivity index (χ0v) is 15.6. The van der Waals surface area contributed by atoms with Crippen LogP contribution in [0.4, 0.5) is 0 Å². The Hall–Kier alpha value is -3.06. The molecule has 0 spiro atoms. The number of aliphatic carboxylic acids is 1. The number of ether oxygens (including phenoxy) is 3. The Balaban J connectivity index is 1.69. The van der Waals surface area contributed by atoms with E-state index >= 15 is 0 Å². The number of Topliss-reactive ketones (excluding diaryl/α,β-unsaturated/α-hetero) is 1. The van der Waals surface area contributed by atoms with Crippen LogP contribution >= 0.6 is 0 Å². The molecule has 1 saturated carbocycles. The average Bonchev–Trinajstić information content (AvgIpc) is 3.51. The number of benzene rings is 2. The summed E-state index contributed by atoms with van der Waals surface area (Å²) in [6.07, 6.45) is 0.755. The van der Waals surface area contributed by atoms with Crippen molar-refractivity contribution in [2.45, 2.75) is 12.3 Å². The van der Waals surface area contributed by atoms with Crippen molar-refractivity contribution in [3.8, 4) is 17.2 Å². The quantitative estimate of drug-likeness (QED) is 0.605. The van der Waals surface area contributed by atoms with Crippen molar-refractivity contribution < 1.29 is 28.9 Å². The molecule has 2 aromatic rings. The molecule has 0 amide bonds. The Morgan fingerprint density at radius 1 is 1.14 bits per heavy atom. The number of rotatable bonds is 10. The summed E-state index contributed by atoms with van der Waals surface area (Å²) in [5, 5.41) is 8.74. The Bertz CT molecular complexity index is 866. The van der Waals surface area contributed by atoms with Crippen molar-refractivity contribution in [2.24, 2.45) is 11.7 Å². The van der Waals surface area contributed by atoms with Crippen LogP contribution in [0.5, 0.6) is 17.2 Å². The van der Waals surface area contributed by atoms with Crippen LogP contribution in [0.15, 0.2) is 42.5 Å². The lowest BCUT2D eigenvalue weighted by Gasteiger charge is -2.11. The molecule has 3 N–H and O–H groups in total. The Kier molecular flexibility index (Phi) is 6.16. The van der Waals surface area contributed by atoms with Gasteiger partial charge in [-0.25, -0.2) is 4.79 Å². The molecule has 2 atom stereocenters. The van der Waals surface area contributed by atoms with Crippen molar-refractivity contribution in [2.75, 3.05) is 26.9 Å². The molecule has 0 radical (unpaired) electrons. The molecule has 0 aromatic heterocycles. The summed E-state index contributed by atoms with van der Waals surface area (Å²) in [7, 11) is 1.50. The summed E-state index contributed by atoms with van der Waals surface area (Å²) < 4.78 is 16.0. The second-order valence-corrected chi connectivity index (χ2v) is 6.57. The molecular weight excluding hydrogens is 362 g/mol. The maximum atomic E-state index is 12.8. The molecule has 1 fully saturated rings. The smallest absolute Gasteiger partial charge is 0.341 e. The molecule has 1 aliphatic rings. The lowest BCUT2D eigenvalue weighted by Crippen LogP contribution is -2.11. The van der Waals surface area contributed by atoms with Crippen LogP contribution in [0.1, 0.15) is 28.3 Å². The van der Waals surface area contributed by atoms with E-state index in [4.69, 9.17) is 25.1 Å². The number of carboxylic acids is 1. The minimum absolute atomic E-state index is 0.0772. The summed E-state index contributed by atoms with van der Waals surface area (Å²) >= 11 is 0. The molecule has 148 valence electrons. The molecule has 0 heterocycles. The normalized spacial score (nSPS) is 17.6. The third-order valence-corrected chi connectivity index (χ3v) is 4.60. The Morgan fingerprint density at radius 2 is 1.96 bits per heavy atom. The fourth-order valence-corrected chi connectivity index (χ4v) is 3.16. The van der Waals surface area contributed by atoms with Gasteiger partial charge in [0.2, 0.25) is 0 Å². The number of hydrogen-bond acceptors (Lipinski definition) is 6. The van der Waals surface area contributed by atoms with Crippen LogP contribution < -0.4 is 19.9 Å². The largest absolute Gasteiger partial charge is 0.493 e. The van der Waals surface area contributed by atoms with E-state index in [1.165, 1.54) is 7.11 Å². The number of nitrogens with two attached hydrogens (primary N) is 1. The Morgan fingerprint density at radius 3 is 2.68 bits per heavy atom. The topological polar surface area (TPSA) is 108 Å². The third kappa shape index (κ3) is 4.61. The van der Waals surface area contributed by atoms with Crippen LogP contribution in [0.2, 0.25) is 0 Å². The van der Waals surface area contributed by atoms with Crippen LogP contribution in [0.25, 0.3) is 0 Å². The first-order valence-corrected chi connectivity index (χ1v) is 9.03. The van der Waals surface area contributed by atoms with Crippen molar-refractivity contribution in [3.05, 3.63) is 53.6 Å². The van der Waals surface area contributed by atoms with Gasteiger partial charge < -0.3 is 25.1 Å². The summed E-state index contributed by atoms with van der Waals surface area (Å²) in [4.78, 5) is 23.5. The fourth-order valence-electron chi connectivity index (χ4n) is 3.16. The zero-order valence-electron chi connectivity index (χ0n) is 15.6. The van der Waals surface area contributed by atoms with E-state index in [2.05, 4.69) is 0 Å². The van der Waals surface area contributed by atoms with Crippen molar-refractivity contribution >= 4 is 11.8 Å². The van der Waals surface area contributed by atoms with Gasteiger partial charge in [-0.1, -0.05) is 18.2 Å². The minimum Gasteiger partial charge on any atom is -0.493 e. The first-order valence-electron chi connectivity index (χ1n) is 9.03. The predicted molar refractivity (Wildman–Crippen MR) is 102 cm³/mol. The maximum Gasteiger partial charge on any atom is 0.341 e. The summed E-state index contributed by atoms with van der Waals surface area (Å²) in [6, 6.07) is 12.5. The lowest BCUT2D eigenvalue weighted by atomic mass is 10.0. The number of ketones is 1. The van der Waals surface area contributed by atoms with E-state index in [1.54, 1.807) is 36.4 Å². The summed E-state index contributed by atoms with van der Waals surface area (Å²) in [5.41, 5.74) is 7.03. The van der Waals surface area contributed by atoms with E-state index in [0.717, 1.165) is 12.0 Å². The molecule has 0 saturated heterocycles. The van der Waals surface area contributed by atoms with Crippen molar-refractivity contribution in [1.29, 1.82) is 0 Å². The zero-order chi connectivity index (χ0) is 20.1. The highest BCUT2D eigenvalue weighted by Crippen LogP contribution is 2.50. The van der Waals surface area contributed by atoms with Crippen LogP contribution in [-0.4, -0.2) is 43.7 Å². The van der Waals surface area contributed by atoms with Gasteiger partial charge in [0, 0.05) is 18.0 Å². The first kappa shape index (κ1) is 19.7. The van der Waals surface area contributed by atoms with E-state index in [1.807, 2.05) is 6.07 Å². The molecular formula is C21H23NO6. The highest BCUT2D eigenvalue weighted by atomic mass is 16.5. The standard InChI is InChI=1S/C21H23NO6/c1-26-19-10-13(5-6-18(19)28-12-20(23)24)16-11-17(16)21(25)14-3-2-4-15(9-14)27-8-7-22/h2-6,9-10,16-17H,7-8,11-12,22H2,1H3,(H,23,24)/t16-,17+/m0/s1. The molecule has 0 unspecified atom stereocenters.